The summed E-state index contributed by atoms with van der Waals surface area (Å²) in [6.07, 6.45) is 0. The number of halogens is 2. The van der Waals surface area contributed by atoms with Crippen LogP contribution in [0.4, 0.5) is 5.69 Å². The standard InChI is InChI=1S/C17H12Br2N2O2/c1-23-13-7-5-11(6-8-13)10-21-14-4-2-3-12(9-20)15(14)17(18,19)16(21)22/h2-8H,10H2,1H3. The van der Waals surface area contributed by atoms with Gasteiger partial charge in [-0.1, -0.05) is 50.1 Å². The maximum atomic E-state index is 12.8. The molecule has 2 aromatic carbocycles. The summed E-state index contributed by atoms with van der Waals surface area (Å²) in [4.78, 5) is 14.4. The molecular formula is C17H12Br2N2O2. The highest BCUT2D eigenvalue weighted by molar-refractivity contribution is 9.25. The molecule has 2 aromatic rings. The van der Waals surface area contributed by atoms with Crippen LogP contribution in [-0.2, 0) is 14.6 Å². The summed E-state index contributed by atoms with van der Waals surface area (Å²) in [7, 11) is 1.61. The third-order valence-corrected chi connectivity index (χ3v) is 5.25. The normalized spacial score (nSPS) is 15.2. The number of ether oxygens (including phenoxy) is 1. The highest BCUT2D eigenvalue weighted by Crippen LogP contribution is 2.52. The smallest absolute Gasteiger partial charge is 0.259 e. The quantitative estimate of drug-likeness (QED) is 0.683. The van der Waals surface area contributed by atoms with E-state index in [1.165, 1.54) is 0 Å². The summed E-state index contributed by atoms with van der Waals surface area (Å²) >= 11 is 6.86. The van der Waals surface area contributed by atoms with Gasteiger partial charge in [0, 0.05) is 5.56 Å². The second-order valence-corrected chi connectivity index (χ2v) is 8.57. The van der Waals surface area contributed by atoms with Crippen LogP contribution in [0.1, 0.15) is 16.7 Å². The molecule has 0 bridgehead atoms. The first-order chi connectivity index (χ1) is 11.0. The Labute approximate surface area is 150 Å². The lowest BCUT2D eigenvalue weighted by atomic mass is 10.1. The van der Waals surface area contributed by atoms with Gasteiger partial charge in [-0.15, -0.1) is 0 Å². The van der Waals surface area contributed by atoms with Crippen LogP contribution in [0.5, 0.6) is 5.75 Å². The van der Waals surface area contributed by atoms with E-state index in [0.29, 0.717) is 17.7 Å². The summed E-state index contributed by atoms with van der Waals surface area (Å²) in [6.45, 7) is 0.420. The predicted octanol–water partition coefficient (Wildman–Crippen LogP) is 4.06. The van der Waals surface area contributed by atoms with Crippen molar-refractivity contribution in [1.82, 2.24) is 0 Å². The Balaban J connectivity index is 2.01. The molecule has 1 heterocycles. The molecule has 0 aliphatic carbocycles. The Kier molecular flexibility index (Phi) is 4.17. The molecule has 0 saturated heterocycles. The summed E-state index contributed by atoms with van der Waals surface area (Å²) in [5, 5.41) is 9.32. The number of carbonyl (C=O) groups excluding carboxylic acids is 1. The van der Waals surface area contributed by atoms with E-state index in [4.69, 9.17) is 4.74 Å². The summed E-state index contributed by atoms with van der Waals surface area (Å²) < 4.78 is 4.09. The number of alkyl halides is 2. The molecule has 6 heteroatoms. The number of carbonyl (C=O) groups is 1. The van der Waals surface area contributed by atoms with Crippen LogP contribution in [0.15, 0.2) is 42.5 Å². The molecule has 0 unspecified atom stereocenters. The number of amides is 1. The van der Waals surface area contributed by atoms with Crippen LogP contribution in [0, 0.1) is 11.3 Å². The Morgan fingerprint density at radius 1 is 1.22 bits per heavy atom. The van der Waals surface area contributed by atoms with E-state index in [2.05, 4.69) is 37.9 Å². The molecule has 0 atom stereocenters. The van der Waals surface area contributed by atoms with Gasteiger partial charge in [0.2, 0.25) is 0 Å². The van der Waals surface area contributed by atoms with E-state index in [0.717, 1.165) is 17.0 Å². The van der Waals surface area contributed by atoms with Gasteiger partial charge in [-0.3, -0.25) is 4.79 Å². The minimum atomic E-state index is -1.06. The molecule has 0 fully saturated rings. The van der Waals surface area contributed by atoms with Crippen molar-refractivity contribution >= 4 is 43.5 Å². The number of fused-ring (bicyclic) bond motifs is 1. The molecule has 1 amide bonds. The Morgan fingerprint density at radius 3 is 2.52 bits per heavy atom. The van der Waals surface area contributed by atoms with Crippen molar-refractivity contribution in [3.8, 4) is 11.8 Å². The molecule has 116 valence electrons. The number of nitrogens with zero attached hydrogens (tertiary/aromatic N) is 2. The summed E-state index contributed by atoms with van der Waals surface area (Å²) in [6, 6.07) is 15.0. The molecule has 0 aromatic heterocycles. The molecule has 0 N–H and O–H groups in total. The zero-order valence-corrected chi connectivity index (χ0v) is 15.4. The van der Waals surface area contributed by atoms with E-state index in [1.807, 2.05) is 30.3 Å². The molecular weight excluding hydrogens is 424 g/mol. The fourth-order valence-corrected chi connectivity index (χ4v) is 3.91. The van der Waals surface area contributed by atoms with Gasteiger partial charge in [0.25, 0.3) is 5.91 Å². The lowest BCUT2D eigenvalue weighted by Crippen LogP contribution is -2.32. The monoisotopic (exact) mass is 434 g/mol. The van der Waals surface area contributed by atoms with Crippen LogP contribution in [0.3, 0.4) is 0 Å². The summed E-state index contributed by atoms with van der Waals surface area (Å²) in [5.41, 5.74) is 2.84. The van der Waals surface area contributed by atoms with E-state index >= 15 is 0 Å². The zero-order valence-electron chi connectivity index (χ0n) is 12.2. The molecule has 0 spiro atoms. The van der Waals surface area contributed by atoms with Crippen LogP contribution >= 0.6 is 31.9 Å². The van der Waals surface area contributed by atoms with Gasteiger partial charge in [-0.05, 0) is 29.8 Å². The largest absolute Gasteiger partial charge is 0.497 e. The lowest BCUT2D eigenvalue weighted by Gasteiger charge is -2.19. The molecule has 0 saturated carbocycles. The highest BCUT2D eigenvalue weighted by Gasteiger charge is 2.49. The van der Waals surface area contributed by atoms with Gasteiger partial charge in [0.05, 0.1) is 31.0 Å². The first kappa shape index (κ1) is 16.0. The van der Waals surface area contributed by atoms with E-state index in [1.54, 1.807) is 24.1 Å². The SMILES string of the molecule is COc1ccc(CN2C(=O)C(Br)(Br)c3c(C#N)cccc32)cc1. The Bertz CT molecular complexity index is 810. The van der Waals surface area contributed by atoms with Crippen molar-refractivity contribution in [1.29, 1.82) is 5.26 Å². The maximum absolute atomic E-state index is 12.8. The maximum Gasteiger partial charge on any atom is 0.259 e. The fourth-order valence-electron chi connectivity index (χ4n) is 2.64. The first-order valence-electron chi connectivity index (χ1n) is 6.85. The van der Waals surface area contributed by atoms with Crippen LogP contribution in [0.25, 0.3) is 0 Å². The van der Waals surface area contributed by atoms with Crippen molar-refractivity contribution in [3.05, 3.63) is 59.2 Å². The first-order valence-corrected chi connectivity index (χ1v) is 8.44. The van der Waals surface area contributed by atoms with Crippen molar-refractivity contribution in [3.63, 3.8) is 0 Å². The fraction of sp³-hybridized carbons (Fsp3) is 0.176. The van der Waals surface area contributed by atoms with Crippen molar-refractivity contribution in [2.45, 2.75) is 9.78 Å². The minimum absolute atomic E-state index is 0.147. The molecule has 1 aliphatic heterocycles. The average Bonchev–Trinajstić information content (AvgIpc) is 2.76. The number of hydrogen-bond donors (Lipinski definition) is 0. The second-order valence-electron chi connectivity index (χ2n) is 5.13. The Hall–Kier alpha value is -1.84. The predicted molar refractivity (Wildman–Crippen MR) is 94.9 cm³/mol. The zero-order chi connectivity index (χ0) is 16.6. The van der Waals surface area contributed by atoms with E-state index in [9.17, 15) is 10.1 Å². The minimum Gasteiger partial charge on any atom is -0.497 e. The third-order valence-electron chi connectivity index (χ3n) is 3.78. The number of anilines is 1. The average molecular weight is 436 g/mol. The number of nitriles is 1. The second kappa shape index (κ2) is 5.99. The number of benzene rings is 2. The number of methoxy groups -OCH3 is 1. The van der Waals surface area contributed by atoms with Gasteiger partial charge in [0.1, 0.15) is 5.75 Å². The van der Waals surface area contributed by atoms with Crippen molar-refractivity contribution < 1.29 is 9.53 Å². The van der Waals surface area contributed by atoms with E-state index < -0.39 is 3.23 Å². The van der Waals surface area contributed by atoms with Crippen molar-refractivity contribution in [2.24, 2.45) is 0 Å². The van der Waals surface area contributed by atoms with Crippen molar-refractivity contribution in [2.75, 3.05) is 12.0 Å². The number of hydrogen-bond acceptors (Lipinski definition) is 3. The molecule has 23 heavy (non-hydrogen) atoms. The number of rotatable bonds is 3. The van der Waals surface area contributed by atoms with Gasteiger partial charge in [-0.2, -0.15) is 5.26 Å². The van der Waals surface area contributed by atoms with Gasteiger partial charge in [-0.25, -0.2) is 0 Å². The van der Waals surface area contributed by atoms with Gasteiger partial charge < -0.3 is 9.64 Å². The molecule has 1 aliphatic rings. The van der Waals surface area contributed by atoms with E-state index in [-0.39, 0.29) is 5.91 Å². The molecule has 0 radical (unpaired) electrons. The van der Waals surface area contributed by atoms with Crippen LogP contribution < -0.4 is 9.64 Å². The molecule has 3 rings (SSSR count). The lowest BCUT2D eigenvalue weighted by molar-refractivity contribution is -0.118. The van der Waals surface area contributed by atoms with Gasteiger partial charge >= 0.3 is 0 Å². The van der Waals surface area contributed by atoms with Crippen LogP contribution in [-0.4, -0.2) is 13.0 Å². The third kappa shape index (κ3) is 2.64. The highest BCUT2D eigenvalue weighted by atomic mass is 79.9. The van der Waals surface area contributed by atoms with Crippen LogP contribution in [0.2, 0.25) is 0 Å². The summed E-state index contributed by atoms with van der Waals surface area (Å²) in [5.74, 6) is 0.620. The molecule has 4 nitrogen and oxygen atoms in total. The Morgan fingerprint density at radius 2 is 1.91 bits per heavy atom. The van der Waals surface area contributed by atoms with Gasteiger partial charge in [0.15, 0.2) is 3.23 Å². The topological polar surface area (TPSA) is 53.3 Å².